The Morgan fingerprint density at radius 1 is 1.13 bits per heavy atom. The van der Waals surface area contributed by atoms with Crippen molar-refractivity contribution >= 4 is 11.6 Å². The summed E-state index contributed by atoms with van der Waals surface area (Å²) in [7, 11) is 0. The largest absolute Gasteiger partial charge is 0.396 e. The van der Waals surface area contributed by atoms with Crippen LogP contribution in [0, 0.1) is 13.8 Å². The van der Waals surface area contributed by atoms with Crippen molar-refractivity contribution in [2.24, 2.45) is 0 Å². The molecule has 1 amide bonds. The molecular weight excluding hydrogens is 392 g/mol. The third-order valence-corrected chi connectivity index (χ3v) is 5.43. The molecule has 1 atom stereocenters. The predicted octanol–water partition coefficient (Wildman–Crippen LogP) is 3.16. The summed E-state index contributed by atoms with van der Waals surface area (Å²) < 4.78 is 1.57. The van der Waals surface area contributed by atoms with Crippen molar-refractivity contribution in [3.05, 3.63) is 93.7 Å². The van der Waals surface area contributed by atoms with Crippen molar-refractivity contribution in [1.29, 1.82) is 0 Å². The van der Waals surface area contributed by atoms with E-state index in [1.54, 1.807) is 16.8 Å². The molecule has 0 unspecified atom stereocenters. The number of nitrogens with zero attached hydrogens (tertiary/aromatic N) is 2. The maximum atomic E-state index is 12.8. The van der Waals surface area contributed by atoms with Crippen LogP contribution < -0.4 is 10.9 Å². The van der Waals surface area contributed by atoms with E-state index in [1.807, 2.05) is 62.4 Å². The number of fused-ring (bicyclic) bond motifs is 1. The van der Waals surface area contributed by atoms with Gasteiger partial charge in [-0.2, -0.15) is 0 Å². The molecule has 0 fully saturated rings. The second-order valence-electron chi connectivity index (χ2n) is 7.60. The number of rotatable bonds is 6. The van der Waals surface area contributed by atoms with Crippen LogP contribution in [0.2, 0.25) is 0 Å². The fourth-order valence-electron chi connectivity index (χ4n) is 3.54. The Hall–Kier alpha value is -3.71. The Morgan fingerprint density at radius 3 is 2.61 bits per heavy atom. The number of imidazole rings is 1. The summed E-state index contributed by atoms with van der Waals surface area (Å²) in [4.78, 5) is 32.5. The highest BCUT2D eigenvalue weighted by Gasteiger charge is 2.19. The van der Waals surface area contributed by atoms with Crippen molar-refractivity contribution in [3.63, 3.8) is 0 Å². The monoisotopic (exact) mass is 416 g/mol. The van der Waals surface area contributed by atoms with E-state index in [0.717, 1.165) is 16.7 Å². The van der Waals surface area contributed by atoms with Gasteiger partial charge in [-0.3, -0.25) is 14.0 Å². The fourth-order valence-corrected chi connectivity index (χ4v) is 3.54. The summed E-state index contributed by atoms with van der Waals surface area (Å²) in [5, 5.41) is 12.3. The molecule has 7 nitrogen and oxygen atoms in total. The topological polar surface area (TPSA) is 99.5 Å². The lowest BCUT2D eigenvalue weighted by Gasteiger charge is -2.17. The van der Waals surface area contributed by atoms with E-state index in [4.69, 9.17) is 0 Å². The lowest BCUT2D eigenvalue weighted by molar-refractivity contribution is 0.0925. The highest BCUT2D eigenvalue weighted by Crippen LogP contribution is 2.20. The molecule has 2 aromatic carbocycles. The molecule has 2 heterocycles. The minimum Gasteiger partial charge on any atom is -0.396 e. The van der Waals surface area contributed by atoms with E-state index >= 15 is 0 Å². The molecule has 158 valence electrons. The first-order chi connectivity index (χ1) is 15.0. The van der Waals surface area contributed by atoms with E-state index < -0.39 is 5.91 Å². The van der Waals surface area contributed by atoms with Crippen LogP contribution in [0.25, 0.3) is 16.9 Å². The zero-order valence-electron chi connectivity index (χ0n) is 17.4. The number of nitrogens with one attached hydrogen (secondary N) is 2. The van der Waals surface area contributed by atoms with Crippen molar-refractivity contribution in [2.45, 2.75) is 26.3 Å². The van der Waals surface area contributed by atoms with Gasteiger partial charge in [-0.05, 0) is 48.6 Å². The second-order valence-corrected chi connectivity index (χ2v) is 7.60. The van der Waals surface area contributed by atoms with Gasteiger partial charge in [0.1, 0.15) is 5.69 Å². The van der Waals surface area contributed by atoms with E-state index in [0.29, 0.717) is 12.1 Å². The van der Waals surface area contributed by atoms with Gasteiger partial charge in [0.15, 0.2) is 0 Å². The SMILES string of the molecule is Cc1ccc(-c2cn3cc(C(=O)N[C@H](CCO)c4ccccc4)nc3c(=O)[nH]2)cc1C. The van der Waals surface area contributed by atoms with Crippen LogP contribution in [-0.4, -0.2) is 32.0 Å². The molecule has 0 saturated carbocycles. The number of hydrogen-bond acceptors (Lipinski definition) is 4. The summed E-state index contributed by atoms with van der Waals surface area (Å²) in [6.45, 7) is 3.99. The van der Waals surface area contributed by atoms with Crippen LogP contribution in [0.15, 0.2) is 65.7 Å². The Bertz CT molecular complexity index is 1290. The Kier molecular flexibility index (Phi) is 5.68. The molecular formula is C24H24N4O3. The van der Waals surface area contributed by atoms with Crippen LogP contribution in [0.4, 0.5) is 0 Å². The van der Waals surface area contributed by atoms with Gasteiger partial charge in [-0.15, -0.1) is 0 Å². The number of aromatic nitrogens is 3. The molecule has 3 N–H and O–H groups in total. The molecule has 2 aromatic heterocycles. The van der Waals surface area contributed by atoms with Gasteiger partial charge < -0.3 is 15.4 Å². The quantitative estimate of drug-likeness (QED) is 0.450. The van der Waals surface area contributed by atoms with Gasteiger partial charge in [-0.1, -0.05) is 42.5 Å². The smallest absolute Gasteiger partial charge is 0.292 e. The number of carbonyl (C=O) groups excluding carboxylic acids is 1. The zero-order valence-corrected chi connectivity index (χ0v) is 17.4. The predicted molar refractivity (Wildman–Crippen MR) is 119 cm³/mol. The maximum absolute atomic E-state index is 12.8. The molecule has 4 rings (SSSR count). The standard InChI is InChI=1S/C24H24N4O3/c1-15-8-9-18(12-16(15)2)20-13-28-14-21(25-22(28)24(31)27-20)23(30)26-19(10-11-29)17-6-4-3-5-7-17/h3-9,12-14,19,29H,10-11H2,1-2H3,(H,26,30)(H,27,31)/t19-/m1/s1. The minimum atomic E-state index is -0.405. The minimum absolute atomic E-state index is 0.0655. The Balaban J connectivity index is 1.65. The van der Waals surface area contributed by atoms with Crippen LogP contribution in [0.5, 0.6) is 0 Å². The van der Waals surface area contributed by atoms with Gasteiger partial charge in [0.05, 0.1) is 11.7 Å². The van der Waals surface area contributed by atoms with Gasteiger partial charge >= 0.3 is 0 Å². The van der Waals surface area contributed by atoms with Crippen molar-refractivity contribution in [2.75, 3.05) is 6.61 Å². The summed E-state index contributed by atoms with van der Waals surface area (Å²) in [6.07, 6.45) is 3.68. The van der Waals surface area contributed by atoms with Gasteiger partial charge in [-0.25, -0.2) is 4.98 Å². The average molecular weight is 416 g/mol. The Morgan fingerprint density at radius 2 is 1.90 bits per heavy atom. The summed E-state index contributed by atoms with van der Waals surface area (Å²) >= 11 is 0. The molecule has 4 aromatic rings. The molecule has 31 heavy (non-hydrogen) atoms. The molecule has 0 radical (unpaired) electrons. The van der Waals surface area contributed by atoms with E-state index in [1.165, 1.54) is 5.56 Å². The summed E-state index contributed by atoms with van der Waals surface area (Å²) in [5.41, 5.74) is 4.64. The molecule has 0 saturated heterocycles. The molecule has 0 aliphatic carbocycles. The lowest BCUT2D eigenvalue weighted by Crippen LogP contribution is -2.29. The molecule has 0 aliphatic rings. The highest BCUT2D eigenvalue weighted by molar-refractivity contribution is 5.93. The maximum Gasteiger partial charge on any atom is 0.292 e. The van der Waals surface area contributed by atoms with Crippen molar-refractivity contribution < 1.29 is 9.90 Å². The van der Waals surface area contributed by atoms with Crippen LogP contribution in [0.3, 0.4) is 0 Å². The van der Waals surface area contributed by atoms with Crippen LogP contribution >= 0.6 is 0 Å². The average Bonchev–Trinajstić information content (AvgIpc) is 3.21. The fraction of sp³-hybridized carbons (Fsp3) is 0.208. The second kappa shape index (κ2) is 8.57. The van der Waals surface area contributed by atoms with Crippen molar-refractivity contribution in [1.82, 2.24) is 19.7 Å². The first-order valence-corrected chi connectivity index (χ1v) is 10.1. The number of aliphatic hydroxyl groups excluding tert-OH is 1. The normalized spacial score (nSPS) is 12.1. The van der Waals surface area contributed by atoms with Gasteiger partial charge in [0.25, 0.3) is 11.5 Å². The molecule has 0 spiro atoms. The number of benzene rings is 2. The lowest BCUT2D eigenvalue weighted by atomic mass is 10.0. The van der Waals surface area contributed by atoms with Crippen LogP contribution in [0.1, 0.15) is 39.6 Å². The first-order valence-electron chi connectivity index (χ1n) is 10.1. The third-order valence-electron chi connectivity index (χ3n) is 5.43. The van der Waals surface area contributed by atoms with Crippen molar-refractivity contribution in [3.8, 4) is 11.3 Å². The zero-order chi connectivity index (χ0) is 22.0. The van der Waals surface area contributed by atoms with Gasteiger partial charge in [0, 0.05) is 19.0 Å². The number of aryl methyl sites for hydroxylation is 2. The third kappa shape index (κ3) is 4.27. The number of aromatic amines is 1. The number of aliphatic hydroxyl groups is 1. The highest BCUT2D eigenvalue weighted by atomic mass is 16.3. The van der Waals surface area contributed by atoms with E-state index in [2.05, 4.69) is 15.3 Å². The first kappa shape index (κ1) is 20.6. The molecule has 7 heteroatoms. The van der Waals surface area contributed by atoms with Gasteiger partial charge in [0.2, 0.25) is 5.65 Å². The molecule has 0 bridgehead atoms. The number of hydrogen-bond donors (Lipinski definition) is 3. The number of H-pyrrole nitrogens is 1. The summed E-state index contributed by atoms with van der Waals surface area (Å²) in [6, 6.07) is 15.0. The Labute approximate surface area is 179 Å². The van der Waals surface area contributed by atoms with E-state index in [-0.39, 0.29) is 29.5 Å². The molecule has 0 aliphatic heterocycles. The van der Waals surface area contributed by atoms with Crippen LogP contribution in [-0.2, 0) is 0 Å². The number of carbonyl (C=O) groups is 1. The summed E-state index contributed by atoms with van der Waals surface area (Å²) in [5.74, 6) is -0.405. The number of amides is 1. The van der Waals surface area contributed by atoms with E-state index in [9.17, 15) is 14.7 Å².